The topological polar surface area (TPSA) is 35.9 Å². The summed E-state index contributed by atoms with van der Waals surface area (Å²) in [5, 5.41) is 10.9. The van der Waals surface area contributed by atoms with Crippen LogP contribution in [0.5, 0.6) is 5.75 Å². The molecule has 0 amide bonds. The first-order valence-electron chi connectivity index (χ1n) is 8.77. The molecular weight excluding hydrogens is 312 g/mol. The van der Waals surface area contributed by atoms with Gasteiger partial charge in [0.05, 0.1) is 11.1 Å². The average molecular weight is 339 g/mol. The zero-order valence-corrected chi connectivity index (χ0v) is 14.5. The van der Waals surface area contributed by atoms with Crippen LogP contribution in [-0.2, 0) is 0 Å². The lowest BCUT2D eigenvalue weighted by atomic mass is 10.1. The summed E-state index contributed by atoms with van der Waals surface area (Å²) in [5.74, 6) is 0.711. The third kappa shape index (κ3) is 4.83. The van der Waals surface area contributed by atoms with Crippen LogP contribution in [0.3, 0.4) is 0 Å². The van der Waals surface area contributed by atoms with E-state index in [4.69, 9.17) is 16.3 Å². The zero-order valence-electron chi connectivity index (χ0n) is 13.7. The van der Waals surface area contributed by atoms with Gasteiger partial charge in [0, 0.05) is 13.1 Å². The largest absolute Gasteiger partial charge is 0.491 e. The van der Waals surface area contributed by atoms with Gasteiger partial charge in [0.25, 0.3) is 0 Å². The Hall–Kier alpha value is -0.810. The van der Waals surface area contributed by atoms with E-state index < -0.39 is 6.10 Å². The van der Waals surface area contributed by atoms with Crippen LogP contribution in [0.1, 0.15) is 37.4 Å². The van der Waals surface area contributed by atoms with Crippen LogP contribution in [0.15, 0.2) is 18.2 Å². The predicted molar refractivity (Wildman–Crippen MR) is 93.3 cm³/mol. The fourth-order valence-corrected chi connectivity index (χ4v) is 3.45. The molecule has 5 heteroatoms. The van der Waals surface area contributed by atoms with Gasteiger partial charge in [-0.25, -0.2) is 0 Å². The first kappa shape index (κ1) is 17.0. The van der Waals surface area contributed by atoms with Crippen molar-refractivity contribution in [2.24, 2.45) is 0 Å². The van der Waals surface area contributed by atoms with Crippen molar-refractivity contribution in [1.82, 2.24) is 9.80 Å². The summed E-state index contributed by atoms with van der Waals surface area (Å²) in [7, 11) is 0. The minimum atomic E-state index is -0.455. The Morgan fingerprint density at radius 2 is 1.74 bits per heavy atom. The normalized spacial score (nSPS) is 20.4. The molecule has 2 saturated heterocycles. The van der Waals surface area contributed by atoms with Gasteiger partial charge in [0.2, 0.25) is 0 Å². The number of aliphatic hydroxyl groups excluding tert-OH is 1. The number of hydrogen-bond acceptors (Lipinski definition) is 4. The summed E-state index contributed by atoms with van der Waals surface area (Å²) in [6, 6.07) is 5.65. The molecule has 0 radical (unpaired) electrons. The smallest absolute Gasteiger partial charge is 0.137 e. The molecular formula is C18H27ClN2O2. The quantitative estimate of drug-likeness (QED) is 0.790. The third-order valence-corrected chi connectivity index (χ3v) is 5.17. The standard InChI is InChI=1S/C18H27ClN2O2/c19-16-14-15(17(22)6-11-20-7-1-2-8-20)4-5-18(16)23-13-12-21-9-3-10-21/h4-5,14,17,22H,1-3,6-13H2. The van der Waals surface area contributed by atoms with Crippen molar-refractivity contribution >= 4 is 11.6 Å². The summed E-state index contributed by atoms with van der Waals surface area (Å²) in [5.41, 5.74) is 0.879. The van der Waals surface area contributed by atoms with E-state index in [0.717, 1.165) is 38.2 Å². The van der Waals surface area contributed by atoms with Crippen LogP contribution in [0.25, 0.3) is 0 Å². The second kappa shape index (κ2) is 8.34. The first-order chi connectivity index (χ1) is 11.2. The van der Waals surface area contributed by atoms with Gasteiger partial charge in [-0.15, -0.1) is 0 Å². The molecule has 0 spiro atoms. The van der Waals surface area contributed by atoms with Crippen molar-refractivity contribution < 1.29 is 9.84 Å². The molecule has 1 atom stereocenters. The molecule has 0 aliphatic carbocycles. The van der Waals surface area contributed by atoms with Crippen LogP contribution in [-0.4, -0.2) is 60.8 Å². The molecule has 2 aliphatic rings. The molecule has 3 rings (SSSR count). The minimum absolute atomic E-state index is 0.455. The second-order valence-corrected chi connectivity index (χ2v) is 6.99. The van der Waals surface area contributed by atoms with E-state index in [9.17, 15) is 5.11 Å². The Labute approximate surface area is 144 Å². The first-order valence-corrected chi connectivity index (χ1v) is 9.15. The van der Waals surface area contributed by atoms with Crippen molar-refractivity contribution in [3.8, 4) is 5.75 Å². The highest BCUT2D eigenvalue weighted by atomic mass is 35.5. The van der Waals surface area contributed by atoms with E-state index in [2.05, 4.69) is 9.80 Å². The van der Waals surface area contributed by atoms with E-state index in [1.54, 1.807) is 0 Å². The number of rotatable bonds is 8. The van der Waals surface area contributed by atoms with Gasteiger partial charge in [-0.1, -0.05) is 17.7 Å². The molecule has 128 valence electrons. The van der Waals surface area contributed by atoms with Crippen LogP contribution in [0.4, 0.5) is 0 Å². The van der Waals surface area contributed by atoms with E-state index in [-0.39, 0.29) is 0 Å². The molecule has 23 heavy (non-hydrogen) atoms. The van der Waals surface area contributed by atoms with Gasteiger partial charge in [-0.2, -0.15) is 0 Å². The van der Waals surface area contributed by atoms with Gasteiger partial charge in [-0.05, 0) is 69.6 Å². The van der Waals surface area contributed by atoms with Crippen molar-refractivity contribution in [2.75, 3.05) is 45.9 Å². The Balaban J connectivity index is 1.46. The number of aliphatic hydroxyl groups is 1. The molecule has 0 aromatic heterocycles. The van der Waals surface area contributed by atoms with E-state index in [1.165, 1.54) is 32.4 Å². The van der Waals surface area contributed by atoms with Crippen LogP contribution in [0.2, 0.25) is 5.02 Å². The lowest BCUT2D eigenvalue weighted by molar-refractivity contribution is 0.146. The molecule has 1 aromatic rings. The highest BCUT2D eigenvalue weighted by Crippen LogP contribution is 2.29. The molecule has 4 nitrogen and oxygen atoms in total. The van der Waals surface area contributed by atoms with Gasteiger partial charge in [-0.3, -0.25) is 4.90 Å². The van der Waals surface area contributed by atoms with E-state index in [1.807, 2.05) is 18.2 Å². The summed E-state index contributed by atoms with van der Waals surface area (Å²) in [6.45, 7) is 7.26. The van der Waals surface area contributed by atoms with Gasteiger partial charge >= 0.3 is 0 Å². The van der Waals surface area contributed by atoms with Gasteiger partial charge in [0.15, 0.2) is 0 Å². The van der Waals surface area contributed by atoms with Crippen molar-refractivity contribution in [3.05, 3.63) is 28.8 Å². The molecule has 0 saturated carbocycles. The molecule has 1 N–H and O–H groups in total. The summed E-state index contributed by atoms with van der Waals surface area (Å²) >= 11 is 6.30. The van der Waals surface area contributed by atoms with Crippen molar-refractivity contribution in [2.45, 2.75) is 31.8 Å². The maximum absolute atomic E-state index is 10.4. The van der Waals surface area contributed by atoms with Crippen molar-refractivity contribution in [3.63, 3.8) is 0 Å². The van der Waals surface area contributed by atoms with Crippen LogP contribution >= 0.6 is 11.6 Å². The summed E-state index contributed by atoms with van der Waals surface area (Å²) in [4.78, 5) is 4.78. The molecule has 1 unspecified atom stereocenters. The summed E-state index contributed by atoms with van der Waals surface area (Å²) < 4.78 is 5.76. The molecule has 1 aromatic carbocycles. The second-order valence-electron chi connectivity index (χ2n) is 6.59. The highest BCUT2D eigenvalue weighted by molar-refractivity contribution is 6.32. The maximum Gasteiger partial charge on any atom is 0.137 e. The Bertz CT molecular complexity index is 502. The van der Waals surface area contributed by atoms with E-state index >= 15 is 0 Å². The molecule has 2 aliphatic heterocycles. The number of hydrogen-bond donors (Lipinski definition) is 1. The summed E-state index contributed by atoms with van der Waals surface area (Å²) in [6.07, 6.45) is 4.16. The number of benzene rings is 1. The third-order valence-electron chi connectivity index (χ3n) is 4.87. The van der Waals surface area contributed by atoms with Gasteiger partial charge in [0.1, 0.15) is 12.4 Å². The molecule has 0 bridgehead atoms. The minimum Gasteiger partial charge on any atom is -0.491 e. The zero-order chi connectivity index (χ0) is 16.1. The monoisotopic (exact) mass is 338 g/mol. The number of likely N-dealkylation sites (tertiary alicyclic amines) is 2. The Kier molecular flexibility index (Phi) is 6.17. The Morgan fingerprint density at radius 1 is 1.04 bits per heavy atom. The average Bonchev–Trinajstić information content (AvgIpc) is 3.02. The van der Waals surface area contributed by atoms with Crippen LogP contribution in [0, 0.1) is 0 Å². The maximum atomic E-state index is 10.4. The van der Waals surface area contributed by atoms with E-state index in [0.29, 0.717) is 17.4 Å². The lowest BCUT2D eigenvalue weighted by Gasteiger charge is -2.30. The van der Waals surface area contributed by atoms with Crippen molar-refractivity contribution in [1.29, 1.82) is 0 Å². The highest BCUT2D eigenvalue weighted by Gasteiger charge is 2.16. The predicted octanol–water partition coefficient (Wildman–Crippen LogP) is 2.94. The number of halogens is 1. The van der Waals surface area contributed by atoms with Crippen LogP contribution < -0.4 is 4.74 Å². The lowest BCUT2D eigenvalue weighted by Crippen LogP contribution is -2.39. The number of nitrogens with zero attached hydrogens (tertiary/aromatic N) is 2. The van der Waals surface area contributed by atoms with Gasteiger partial charge < -0.3 is 14.7 Å². The fourth-order valence-electron chi connectivity index (χ4n) is 3.21. The Morgan fingerprint density at radius 3 is 2.39 bits per heavy atom. The fraction of sp³-hybridized carbons (Fsp3) is 0.667. The molecule has 2 fully saturated rings. The SMILES string of the molecule is OC(CCN1CCCC1)c1ccc(OCCN2CCC2)c(Cl)c1. The molecule has 2 heterocycles. The number of ether oxygens (including phenoxy) is 1.